The van der Waals surface area contributed by atoms with Crippen molar-refractivity contribution in [3.05, 3.63) is 65.0 Å². The Kier molecular flexibility index (Phi) is 9.06. The standard InChI is InChI=1S/C16H17FN4.C5H10O.C4H7NO/c1-10-4-16(11(2)3-15(10)17)21-9-13(7-20-21)12-5-14(18)8-19-6-12;1-2-4-6-5-3-1;6-3-5-4-1-2-4/h3-7,9,19H,8,18H2,1-2H3;1-5H2;3-4H,1-2H2,(H,5,6). The molecule has 2 fully saturated rings. The van der Waals surface area contributed by atoms with Crippen LogP contribution in [0.2, 0.25) is 0 Å². The second kappa shape index (κ2) is 12.2. The van der Waals surface area contributed by atoms with Crippen molar-refractivity contribution in [2.45, 2.75) is 52.0 Å². The molecule has 3 aliphatic rings. The van der Waals surface area contributed by atoms with Crippen molar-refractivity contribution in [3.8, 4) is 5.69 Å². The van der Waals surface area contributed by atoms with Gasteiger partial charge in [0.1, 0.15) is 5.82 Å². The quantitative estimate of drug-likeness (QED) is 0.614. The molecule has 0 radical (unpaired) electrons. The van der Waals surface area contributed by atoms with Crippen molar-refractivity contribution >= 4 is 12.0 Å². The average molecular weight is 456 g/mol. The van der Waals surface area contributed by atoms with Crippen molar-refractivity contribution in [1.29, 1.82) is 0 Å². The lowest BCUT2D eigenvalue weighted by Gasteiger charge is -2.11. The molecule has 1 saturated carbocycles. The van der Waals surface area contributed by atoms with Gasteiger partial charge in [-0.1, -0.05) is 0 Å². The normalized spacial score (nSPS) is 17.2. The maximum Gasteiger partial charge on any atom is 0.207 e. The lowest BCUT2D eigenvalue weighted by molar-refractivity contribution is -0.109. The zero-order chi connectivity index (χ0) is 23.6. The summed E-state index contributed by atoms with van der Waals surface area (Å²) in [5.74, 6) is -0.196. The summed E-state index contributed by atoms with van der Waals surface area (Å²) < 4.78 is 20.4. The van der Waals surface area contributed by atoms with E-state index in [2.05, 4.69) is 15.7 Å². The molecule has 3 heterocycles. The number of carbonyl (C=O) groups excluding carboxylic acids is 1. The number of allylic oxidation sites excluding steroid dienone is 2. The number of hydrogen-bond acceptors (Lipinski definition) is 5. The topological polar surface area (TPSA) is 94.2 Å². The van der Waals surface area contributed by atoms with Gasteiger partial charge < -0.3 is 21.1 Å². The van der Waals surface area contributed by atoms with Gasteiger partial charge in [0.15, 0.2) is 0 Å². The number of ether oxygens (including phenoxy) is 1. The summed E-state index contributed by atoms with van der Waals surface area (Å²) >= 11 is 0. The number of nitrogens with zero attached hydrogens (tertiary/aromatic N) is 2. The van der Waals surface area contributed by atoms with Crippen LogP contribution in [0.4, 0.5) is 4.39 Å². The van der Waals surface area contributed by atoms with E-state index in [0.29, 0.717) is 18.2 Å². The number of aromatic nitrogens is 2. The summed E-state index contributed by atoms with van der Waals surface area (Å²) in [6.07, 6.45) is 14.6. The maximum absolute atomic E-state index is 13.5. The van der Waals surface area contributed by atoms with Crippen LogP contribution in [0, 0.1) is 19.7 Å². The molecule has 5 rings (SSSR count). The SMILES string of the molecule is C1CCOCC1.Cc1cc(-n2cc(C3=CNCC(N)=C3)cn2)c(C)cc1F.O=CNC1CC1. The second-order valence-corrected chi connectivity index (χ2v) is 8.49. The van der Waals surface area contributed by atoms with Crippen LogP contribution >= 0.6 is 0 Å². The molecule has 1 aliphatic carbocycles. The molecule has 1 aromatic heterocycles. The molecule has 8 heteroatoms. The lowest BCUT2D eigenvalue weighted by atomic mass is 10.1. The average Bonchev–Trinajstić information content (AvgIpc) is 3.51. The highest BCUT2D eigenvalue weighted by Crippen LogP contribution is 2.22. The van der Waals surface area contributed by atoms with Gasteiger partial charge in [0.2, 0.25) is 6.41 Å². The molecular weight excluding hydrogens is 421 g/mol. The zero-order valence-electron chi connectivity index (χ0n) is 19.4. The van der Waals surface area contributed by atoms with E-state index in [9.17, 15) is 9.18 Å². The van der Waals surface area contributed by atoms with Crippen LogP contribution in [0.5, 0.6) is 0 Å². The third-order valence-corrected chi connectivity index (χ3v) is 5.50. The second-order valence-electron chi connectivity index (χ2n) is 8.49. The summed E-state index contributed by atoms with van der Waals surface area (Å²) in [5.41, 5.74) is 10.9. The molecule has 0 unspecified atom stereocenters. The number of hydrogen-bond donors (Lipinski definition) is 3. The third kappa shape index (κ3) is 7.75. The molecule has 0 spiro atoms. The summed E-state index contributed by atoms with van der Waals surface area (Å²) in [5, 5.41) is 10.1. The number of dihydropyridines is 1. The first-order valence-corrected chi connectivity index (χ1v) is 11.5. The highest BCUT2D eigenvalue weighted by Gasteiger charge is 2.19. The zero-order valence-corrected chi connectivity index (χ0v) is 19.4. The smallest absolute Gasteiger partial charge is 0.207 e. The van der Waals surface area contributed by atoms with Crippen molar-refractivity contribution in [1.82, 2.24) is 20.4 Å². The highest BCUT2D eigenvalue weighted by atomic mass is 19.1. The first kappa shape index (κ1) is 24.5. The van der Waals surface area contributed by atoms with Crippen LogP contribution in [-0.4, -0.2) is 42.0 Å². The molecule has 1 aromatic carbocycles. The van der Waals surface area contributed by atoms with Crippen LogP contribution in [0.1, 0.15) is 48.8 Å². The third-order valence-electron chi connectivity index (χ3n) is 5.50. The van der Waals surface area contributed by atoms with Crippen LogP contribution < -0.4 is 16.4 Å². The summed E-state index contributed by atoms with van der Waals surface area (Å²) in [4.78, 5) is 9.54. The highest BCUT2D eigenvalue weighted by molar-refractivity contribution is 5.74. The number of aryl methyl sites for hydroxylation is 2. The fourth-order valence-corrected chi connectivity index (χ4v) is 3.39. The van der Waals surface area contributed by atoms with Crippen molar-refractivity contribution in [2.75, 3.05) is 19.8 Å². The van der Waals surface area contributed by atoms with Crippen LogP contribution in [-0.2, 0) is 9.53 Å². The fourth-order valence-electron chi connectivity index (χ4n) is 3.39. The van der Waals surface area contributed by atoms with Gasteiger partial charge in [0.05, 0.1) is 18.4 Å². The van der Waals surface area contributed by atoms with E-state index in [4.69, 9.17) is 10.5 Å². The number of amides is 1. The minimum Gasteiger partial charge on any atom is -0.401 e. The maximum atomic E-state index is 13.5. The minimum atomic E-state index is -0.196. The number of rotatable bonds is 4. The molecule has 2 aromatic rings. The molecule has 33 heavy (non-hydrogen) atoms. The monoisotopic (exact) mass is 455 g/mol. The van der Waals surface area contributed by atoms with E-state index < -0.39 is 0 Å². The Bertz CT molecular complexity index is 979. The predicted molar refractivity (Wildman–Crippen MR) is 128 cm³/mol. The Morgan fingerprint density at radius 2 is 1.97 bits per heavy atom. The van der Waals surface area contributed by atoms with E-state index in [0.717, 1.165) is 47.7 Å². The molecule has 0 atom stereocenters. The summed E-state index contributed by atoms with van der Waals surface area (Å²) in [6, 6.07) is 3.87. The van der Waals surface area contributed by atoms with Gasteiger partial charge in [-0.3, -0.25) is 4.79 Å². The minimum absolute atomic E-state index is 0.196. The Morgan fingerprint density at radius 3 is 2.52 bits per heavy atom. The number of carbonyl (C=O) groups is 1. The predicted octanol–water partition coefficient (Wildman–Crippen LogP) is 3.50. The molecule has 178 valence electrons. The number of nitrogens with one attached hydrogen (secondary N) is 2. The van der Waals surface area contributed by atoms with Gasteiger partial charge in [-0.25, -0.2) is 9.07 Å². The molecule has 1 saturated heterocycles. The van der Waals surface area contributed by atoms with Gasteiger partial charge >= 0.3 is 0 Å². The van der Waals surface area contributed by atoms with Gasteiger partial charge in [0, 0.05) is 48.5 Å². The van der Waals surface area contributed by atoms with Gasteiger partial charge in [-0.05, 0) is 75.3 Å². The number of benzene rings is 1. The van der Waals surface area contributed by atoms with Gasteiger partial charge in [-0.2, -0.15) is 5.10 Å². The van der Waals surface area contributed by atoms with E-state index in [-0.39, 0.29) is 5.82 Å². The number of halogens is 1. The first-order chi connectivity index (χ1) is 16.0. The molecule has 0 bridgehead atoms. The Balaban J connectivity index is 0.000000207. The molecule has 7 nitrogen and oxygen atoms in total. The van der Waals surface area contributed by atoms with Crippen LogP contribution in [0.3, 0.4) is 0 Å². The molecular formula is C25H34FN5O2. The van der Waals surface area contributed by atoms with Crippen LogP contribution in [0.15, 0.2) is 42.5 Å². The molecule has 2 aliphatic heterocycles. The van der Waals surface area contributed by atoms with E-state index in [1.54, 1.807) is 23.9 Å². The van der Waals surface area contributed by atoms with E-state index >= 15 is 0 Å². The van der Waals surface area contributed by atoms with Crippen LogP contribution in [0.25, 0.3) is 11.3 Å². The summed E-state index contributed by atoms with van der Waals surface area (Å²) in [6.45, 7) is 6.28. The number of nitrogens with two attached hydrogens (primary N) is 1. The van der Waals surface area contributed by atoms with Crippen molar-refractivity contribution in [3.63, 3.8) is 0 Å². The Labute approximate surface area is 194 Å². The first-order valence-electron chi connectivity index (χ1n) is 11.5. The summed E-state index contributed by atoms with van der Waals surface area (Å²) in [7, 11) is 0. The Morgan fingerprint density at radius 1 is 1.21 bits per heavy atom. The van der Waals surface area contributed by atoms with E-state index in [1.807, 2.05) is 25.4 Å². The lowest BCUT2D eigenvalue weighted by Crippen LogP contribution is -2.19. The van der Waals surface area contributed by atoms with Crippen molar-refractivity contribution < 1.29 is 13.9 Å². The van der Waals surface area contributed by atoms with E-state index in [1.165, 1.54) is 38.2 Å². The largest absolute Gasteiger partial charge is 0.401 e. The Hall–Kier alpha value is -3.13. The van der Waals surface area contributed by atoms with Gasteiger partial charge in [-0.15, -0.1) is 0 Å². The van der Waals surface area contributed by atoms with Gasteiger partial charge in [0.25, 0.3) is 0 Å². The van der Waals surface area contributed by atoms with Crippen molar-refractivity contribution in [2.24, 2.45) is 5.73 Å². The fraction of sp³-hybridized carbons (Fsp3) is 0.440. The molecule has 1 amide bonds. The molecule has 4 N–H and O–H groups in total.